The molecule has 6 heteroatoms. The number of aliphatic hydroxyl groups excluding tert-OH is 1. The molecular weight excluding hydrogens is 207 g/mol. The number of rotatable bonds is 0. The molecule has 84 valence electrons. The summed E-state index contributed by atoms with van der Waals surface area (Å²) < 4.78 is 20.5. The maximum atomic E-state index is 11.1. The van der Waals surface area contributed by atoms with Crippen LogP contribution in [0.25, 0.3) is 0 Å². The normalized spacial score (nSPS) is 37.4. The van der Waals surface area contributed by atoms with Crippen LogP contribution in [0.1, 0.15) is 32.1 Å². The predicted octanol–water partition coefficient (Wildman–Crippen LogP) is 1.45. The summed E-state index contributed by atoms with van der Waals surface area (Å²) in [6.07, 6.45) is 3.21. The van der Waals surface area contributed by atoms with Crippen LogP contribution in [0.4, 0.5) is 0 Å². The Hall–Kier alpha value is 0.0700. The number of hydrogen-bond acceptors (Lipinski definition) is 4. The van der Waals surface area contributed by atoms with Crippen LogP contribution >= 0.6 is 7.82 Å². The van der Waals surface area contributed by atoms with Crippen molar-refractivity contribution in [1.29, 1.82) is 0 Å². The molecule has 0 aliphatic carbocycles. The van der Waals surface area contributed by atoms with Crippen molar-refractivity contribution in [2.75, 3.05) is 13.2 Å². The standard InChI is InChI=1S/C8H17O5P/c9-8-4-2-1-3-6-12-14(10,11)13-7-5-8/h8-9H,1-7H2,(H,10,11). The highest BCUT2D eigenvalue weighted by Gasteiger charge is 2.21. The van der Waals surface area contributed by atoms with Gasteiger partial charge < -0.3 is 10.00 Å². The van der Waals surface area contributed by atoms with Crippen molar-refractivity contribution in [2.24, 2.45) is 0 Å². The second-order valence-electron chi connectivity index (χ2n) is 3.43. The molecule has 1 aliphatic rings. The van der Waals surface area contributed by atoms with Crippen LogP contribution in [0.5, 0.6) is 0 Å². The molecule has 2 N–H and O–H groups in total. The van der Waals surface area contributed by atoms with E-state index in [-0.39, 0.29) is 13.2 Å². The molecule has 0 aromatic rings. The molecule has 1 fully saturated rings. The van der Waals surface area contributed by atoms with Crippen molar-refractivity contribution < 1.29 is 23.6 Å². The highest BCUT2D eigenvalue weighted by molar-refractivity contribution is 7.47. The first kappa shape index (κ1) is 12.1. The predicted molar refractivity (Wildman–Crippen MR) is 50.8 cm³/mol. The molecule has 1 saturated heterocycles. The smallest absolute Gasteiger partial charge is 0.393 e. The van der Waals surface area contributed by atoms with E-state index >= 15 is 0 Å². The Kier molecular flexibility index (Phi) is 5.06. The van der Waals surface area contributed by atoms with Gasteiger partial charge in [-0.05, 0) is 19.3 Å². The fraction of sp³-hybridized carbons (Fsp3) is 1.00. The minimum Gasteiger partial charge on any atom is -0.393 e. The zero-order chi connectivity index (χ0) is 10.4. The first-order valence-corrected chi connectivity index (χ1v) is 6.40. The topological polar surface area (TPSA) is 76.0 Å². The third kappa shape index (κ3) is 5.08. The van der Waals surface area contributed by atoms with E-state index in [0.29, 0.717) is 6.42 Å². The van der Waals surface area contributed by atoms with Gasteiger partial charge in [0.1, 0.15) is 0 Å². The molecule has 2 unspecified atom stereocenters. The van der Waals surface area contributed by atoms with Crippen molar-refractivity contribution in [2.45, 2.75) is 38.2 Å². The van der Waals surface area contributed by atoms with Crippen LogP contribution < -0.4 is 0 Å². The van der Waals surface area contributed by atoms with Crippen LogP contribution in [0.2, 0.25) is 0 Å². The second-order valence-corrected chi connectivity index (χ2v) is 4.88. The van der Waals surface area contributed by atoms with Crippen LogP contribution in [0, 0.1) is 0 Å². The zero-order valence-corrected chi connectivity index (χ0v) is 8.99. The minimum absolute atomic E-state index is 0.0644. The lowest BCUT2D eigenvalue weighted by molar-refractivity contribution is 0.109. The van der Waals surface area contributed by atoms with Crippen molar-refractivity contribution >= 4 is 7.82 Å². The highest BCUT2D eigenvalue weighted by Crippen LogP contribution is 2.43. The number of phosphoric ester groups is 1. The Balaban J connectivity index is 2.40. The summed E-state index contributed by atoms with van der Waals surface area (Å²) in [6, 6.07) is 0. The zero-order valence-electron chi connectivity index (χ0n) is 8.09. The molecule has 0 aromatic carbocycles. The van der Waals surface area contributed by atoms with E-state index in [1.165, 1.54) is 0 Å². The monoisotopic (exact) mass is 224 g/mol. The quantitative estimate of drug-likeness (QED) is 0.609. The fourth-order valence-corrected chi connectivity index (χ4v) is 2.09. The van der Waals surface area contributed by atoms with Gasteiger partial charge in [0.25, 0.3) is 0 Å². The first-order chi connectivity index (χ1) is 6.60. The molecule has 0 saturated carbocycles. The van der Waals surface area contributed by atoms with Crippen molar-refractivity contribution in [3.63, 3.8) is 0 Å². The summed E-state index contributed by atoms with van der Waals surface area (Å²) >= 11 is 0. The molecule has 0 bridgehead atoms. The average Bonchev–Trinajstić information content (AvgIpc) is 2.12. The summed E-state index contributed by atoms with van der Waals surface area (Å²) in [4.78, 5) is 9.10. The number of phosphoric acid groups is 1. The summed E-state index contributed by atoms with van der Waals surface area (Å²) in [6.45, 7) is 0.304. The van der Waals surface area contributed by atoms with Gasteiger partial charge in [0.05, 0.1) is 19.3 Å². The van der Waals surface area contributed by atoms with E-state index in [1.807, 2.05) is 0 Å². The van der Waals surface area contributed by atoms with Crippen molar-refractivity contribution in [1.82, 2.24) is 0 Å². The molecule has 0 spiro atoms. The molecule has 1 aliphatic heterocycles. The maximum absolute atomic E-state index is 11.1. The fourth-order valence-electron chi connectivity index (χ4n) is 1.32. The third-order valence-electron chi connectivity index (χ3n) is 2.14. The van der Waals surface area contributed by atoms with Gasteiger partial charge in [-0.2, -0.15) is 0 Å². The van der Waals surface area contributed by atoms with Crippen LogP contribution in [0.15, 0.2) is 0 Å². The van der Waals surface area contributed by atoms with Crippen LogP contribution in [0.3, 0.4) is 0 Å². The highest BCUT2D eigenvalue weighted by atomic mass is 31.2. The summed E-state index contributed by atoms with van der Waals surface area (Å²) in [5.74, 6) is 0. The average molecular weight is 224 g/mol. The minimum atomic E-state index is -3.86. The molecular formula is C8H17O5P. The lowest BCUT2D eigenvalue weighted by Crippen LogP contribution is -2.09. The number of hydrogen-bond donors (Lipinski definition) is 2. The molecule has 0 aromatic heterocycles. The molecule has 1 heterocycles. The van der Waals surface area contributed by atoms with Gasteiger partial charge in [-0.3, -0.25) is 9.05 Å². The SMILES string of the molecule is O=P1(O)OCCCCCC(O)CCO1. The molecule has 1 rings (SSSR count). The van der Waals surface area contributed by atoms with Crippen LogP contribution in [-0.4, -0.2) is 29.3 Å². The van der Waals surface area contributed by atoms with E-state index in [9.17, 15) is 9.67 Å². The van der Waals surface area contributed by atoms with Gasteiger partial charge in [-0.25, -0.2) is 4.57 Å². The summed E-state index contributed by atoms with van der Waals surface area (Å²) in [7, 11) is -3.86. The Labute approximate surface area is 83.7 Å². The summed E-state index contributed by atoms with van der Waals surface area (Å²) in [5.41, 5.74) is 0. The lowest BCUT2D eigenvalue weighted by atomic mass is 10.1. The Morgan fingerprint density at radius 1 is 1.07 bits per heavy atom. The van der Waals surface area contributed by atoms with E-state index in [4.69, 9.17) is 9.42 Å². The molecule has 5 nitrogen and oxygen atoms in total. The van der Waals surface area contributed by atoms with Gasteiger partial charge in [0.15, 0.2) is 0 Å². The van der Waals surface area contributed by atoms with Crippen LogP contribution in [-0.2, 0) is 13.6 Å². The molecule has 0 radical (unpaired) electrons. The summed E-state index contributed by atoms with van der Waals surface area (Å²) in [5, 5.41) is 9.40. The lowest BCUT2D eigenvalue weighted by Gasteiger charge is -2.12. The second kappa shape index (κ2) is 5.83. The van der Waals surface area contributed by atoms with E-state index in [0.717, 1.165) is 25.7 Å². The Morgan fingerprint density at radius 3 is 2.57 bits per heavy atom. The van der Waals surface area contributed by atoms with E-state index < -0.39 is 13.9 Å². The number of aliphatic hydroxyl groups is 1. The van der Waals surface area contributed by atoms with E-state index in [2.05, 4.69) is 4.52 Å². The maximum Gasteiger partial charge on any atom is 0.472 e. The Morgan fingerprint density at radius 2 is 1.79 bits per heavy atom. The van der Waals surface area contributed by atoms with Gasteiger partial charge in [0.2, 0.25) is 0 Å². The third-order valence-corrected chi connectivity index (χ3v) is 3.16. The Bertz CT molecular complexity index is 208. The molecule has 2 atom stereocenters. The molecule has 14 heavy (non-hydrogen) atoms. The molecule has 0 amide bonds. The van der Waals surface area contributed by atoms with Crippen molar-refractivity contribution in [3.05, 3.63) is 0 Å². The van der Waals surface area contributed by atoms with Gasteiger partial charge in [-0.1, -0.05) is 12.8 Å². The van der Waals surface area contributed by atoms with E-state index in [1.54, 1.807) is 0 Å². The van der Waals surface area contributed by atoms with Gasteiger partial charge in [-0.15, -0.1) is 0 Å². The first-order valence-electron chi connectivity index (χ1n) is 4.90. The van der Waals surface area contributed by atoms with Gasteiger partial charge in [0, 0.05) is 0 Å². The van der Waals surface area contributed by atoms with Crippen molar-refractivity contribution in [3.8, 4) is 0 Å². The largest absolute Gasteiger partial charge is 0.472 e. The van der Waals surface area contributed by atoms with Gasteiger partial charge >= 0.3 is 7.82 Å².